The summed E-state index contributed by atoms with van der Waals surface area (Å²) in [6.07, 6.45) is 3.34. The average molecular weight is 266 g/mol. The fourth-order valence-corrected chi connectivity index (χ4v) is 2.90. The standard InChI is InChI=1S/C14H16ClNO2/c15-9-14(6-3-7-14)16-13(17)12-8-10-4-1-2-5-11(10)18-12/h1-2,4-5,12H,3,6-9H2,(H,16,17). The number of hydrogen-bond acceptors (Lipinski definition) is 2. The van der Waals surface area contributed by atoms with Crippen molar-refractivity contribution in [2.24, 2.45) is 0 Å². The van der Waals surface area contributed by atoms with E-state index in [2.05, 4.69) is 5.32 Å². The van der Waals surface area contributed by atoms with Crippen molar-refractivity contribution in [3.63, 3.8) is 0 Å². The monoisotopic (exact) mass is 265 g/mol. The van der Waals surface area contributed by atoms with E-state index in [1.807, 2.05) is 24.3 Å². The smallest absolute Gasteiger partial charge is 0.261 e. The Hall–Kier alpha value is -1.22. The quantitative estimate of drug-likeness (QED) is 0.852. The second-order valence-corrected chi connectivity index (χ2v) is 5.44. The van der Waals surface area contributed by atoms with Gasteiger partial charge in [0, 0.05) is 12.3 Å². The number of carbonyl (C=O) groups is 1. The summed E-state index contributed by atoms with van der Waals surface area (Å²) < 4.78 is 5.67. The van der Waals surface area contributed by atoms with Crippen LogP contribution in [0.4, 0.5) is 0 Å². The normalized spacial score (nSPS) is 23.7. The minimum atomic E-state index is -0.400. The zero-order chi connectivity index (χ0) is 12.6. The molecule has 1 fully saturated rings. The van der Waals surface area contributed by atoms with E-state index >= 15 is 0 Å². The van der Waals surface area contributed by atoms with Crippen molar-refractivity contribution in [1.82, 2.24) is 5.32 Å². The highest BCUT2D eigenvalue weighted by Gasteiger charge is 2.40. The Balaban J connectivity index is 1.66. The van der Waals surface area contributed by atoms with Gasteiger partial charge < -0.3 is 10.1 Å². The van der Waals surface area contributed by atoms with Crippen molar-refractivity contribution in [3.05, 3.63) is 29.8 Å². The number of amides is 1. The number of fused-ring (bicyclic) bond motifs is 1. The van der Waals surface area contributed by atoms with Crippen molar-refractivity contribution in [1.29, 1.82) is 0 Å². The highest BCUT2D eigenvalue weighted by molar-refractivity contribution is 6.19. The third kappa shape index (κ3) is 1.97. The maximum atomic E-state index is 12.2. The fourth-order valence-electron chi connectivity index (χ4n) is 2.57. The molecule has 3 nitrogen and oxygen atoms in total. The number of hydrogen-bond donors (Lipinski definition) is 1. The van der Waals surface area contributed by atoms with Crippen LogP contribution in [-0.4, -0.2) is 23.4 Å². The third-order valence-corrected chi connectivity index (χ3v) is 4.41. The molecule has 1 unspecified atom stereocenters. The lowest BCUT2D eigenvalue weighted by molar-refractivity contribution is -0.130. The van der Waals surface area contributed by atoms with Crippen LogP contribution in [0.15, 0.2) is 24.3 Å². The van der Waals surface area contributed by atoms with Crippen molar-refractivity contribution in [2.75, 3.05) is 5.88 Å². The molecule has 1 amide bonds. The van der Waals surface area contributed by atoms with E-state index in [0.29, 0.717) is 12.3 Å². The van der Waals surface area contributed by atoms with Crippen molar-refractivity contribution < 1.29 is 9.53 Å². The maximum Gasteiger partial charge on any atom is 0.261 e. The van der Waals surface area contributed by atoms with E-state index in [9.17, 15) is 4.79 Å². The Morgan fingerprint density at radius 2 is 2.22 bits per heavy atom. The largest absolute Gasteiger partial charge is 0.480 e. The van der Waals surface area contributed by atoms with Gasteiger partial charge >= 0.3 is 0 Å². The highest BCUT2D eigenvalue weighted by atomic mass is 35.5. The van der Waals surface area contributed by atoms with E-state index in [0.717, 1.165) is 30.6 Å². The Morgan fingerprint density at radius 1 is 1.44 bits per heavy atom. The number of ether oxygens (including phenoxy) is 1. The molecule has 0 spiro atoms. The van der Waals surface area contributed by atoms with Crippen LogP contribution in [0.3, 0.4) is 0 Å². The predicted molar refractivity (Wildman–Crippen MR) is 70.0 cm³/mol. The third-order valence-electron chi connectivity index (χ3n) is 3.89. The molecular weight excluding hydrogens is 250 g/mol. The molecular formula is C14H16ClNO2. The molecule has 1 N–H and O–H groups in total. The van der Waals surface area contributed by atoms with Crippen LogP contribution in [0.1, 0.15) is 24.8 Å². The first-order chi connectivity index (χ1) is 8.72. The fraction of sp³-hybridized carbons (Fsp3) is 0.500. The lowest BCUT2D eigenvalue weighted by Gasteiger charge is -2.41. The summed E-state index contributed by atoms with van der Waals surface area (Å²) >= 11 is 5.94. The topological polar surface area (TPSA) is 38.3 Å². The molecule has 1 aromatic carbocycles. The number of nitrogens with one attached hydrogen (secondary N) is 1. The zero-order valence-electron chi connectivity index (χ0n) is 10.1. The summed E-state index contributed by atoms with van der Waals surface area (Å²) in [6.45, 7) is 0. The van der Waals surface area contributed by atoms with Gasteiger partial charge in [-0.25, -0.2) is 0 Å². The maximum absolute atomic E-state index is 12.2. The van der Waals surface area contributed by atoms with Crippen LogP contribution in [0.2, 0.25) is 0 Å². The number of rotatable bonds is 3. The second-order valence-electron chi connectivity index (χ2n) is 5.18. The summed E-state index contributed by atoms with van der Waals surface area (Å²) in [5, 5.41) is 3.06. The lowest BCUT2D eigenvalue weighted by atomic mass is 9.78. The van der Waals surface area contributed by atoms with E-state index in [1.165, 1.54) is 0 Å². The summed E-state index contributed by atoms with van der Waals surface area (Å²) in [7, 11) is 0. The van der Waals surface area contributed by atoms with Crippen LogP contribution >= 0.6 is 11.6 Å². The van der Waals surface area contributed by atoms with Gasteiger partial charge in [0.1, 0.15) is 5.75 Å². The Kier molecular flexibility index (Phi) is 2.94. The van der Waals surface area contributed by atoms with E-state index in [-0.39, 0.29) is 11.4 Å². The minimum Gasteiger partial charge on any atom is -0.480 e. The van der Waals surface area contributed by atoms with Crippen molar-refractivity contribution >= 4 is 17.5 Å². The number of benzene rings is 1. The molecule has 0 bridgehead atoms. The van der Waals surface area contributed by atoms with Crippen LogP contribution in [0.25, 0.3) is 0 Å². The molecule has 18 heavy (non-hydrogen) atoms. The summed E-state index contributed by atoms with van der Waals surface area (Å²) in [5.74, 6) is 1.27. The molecule has 96 valence electrons. The van der Waals surface area contributed by atoms with E-state index < -0.39 is 6.10 Å². The Morgan fingerprint density at radius 3 is 2.83 bits per heavy atom. The Bertz CT molecular complexity index is 440. The van der Waals surface area contributed by atoms with Gasteiger partial charge in [-0.05, 0) is 30.9 Å². The first-order valence-electron chi connectivity index (χ1n) is 6.35. The first-order valence-corrected chi connectivity index (χ1v) is 6.88. The lowest BCUT2D eigenvalue weighted by Crippen LogP contribution is -2.57. The molecule has 2 aliphatic rings. The van der Waals surface area contributed by atoms with Crippen molar-refractivity contribution in [3.8, 4) is 5.75 Å². The molecule has 1 atom stereocenters. The molecule has 1 aliphatic heterocycles. The summed E-state index contributed by atoms with van der Waals surface area (Å²) in [4.78, 5) is 12.2. The summed E-state index contributed by atoms with van der Waals surface area (Å²) in [6, 6.07) is 7.80. The van der Waals surface area contributed by atoms with Gasteiger partial charge in [0.2, 0.25) is 0 Å². The van der Waals surface area contributed by atoms with Crippen molar-refractivity contribution in [2.45, 2.75) is 37.3 Å². The molecule has 1 heterocycles. The summed E-state index contributed by atoms with van der Waals surface area (Å²) in [5.41, 5.74) is 0.919. The molecule has 1 aliphatic carbocycles. The molecule has 0 radical (unpaired) electrons. The van der Waals surface area contributed by atoms with Crippen LogP contribution < -0.4 is 10.1 Å². The molecule has 1 aromatic rings. The van der Waals surface area contributed by atoms with Gasteiger partial charge in [-0.1, -0.05) is 18.2 Å². The van der Waals surface area contributed by atoms with Crippen LogP contribution in [0.5, 0.6) is 5.75 Å². The molecule has 4 heteroatoms. The number of halogens is 1. The first kappa shape index (κ1) is 11.8. The van der Waals surface area contributed by atoms with Crippen LogP contribution in [0, 0.1) is 0 Å². The van der Waals surface area contributed by atoms with Gasteiger partial charge in [-0.15, -0.1) is 11.6 Å². The molecule has 0 saturated heterocycles. The SMILES string of the molecule is O=C(NC1(CCl)CCC1)C1Cc2ccccc2O1. The Labute approximate surface area is 111 Å². The van der Waals surface area contributed by atoms with E-state index in [4.69, 9.17) is 16.3 Å². The number of alkyl halides is 1. The second kappa shape index (κ2) is 4.47. The average Bonchev–Trinajstić information content (AvgIpc) is 2.77. The van der Waals surface area contributed by atoms with Gasteiger partial charge in [0.25, 0.3) is 5.91 Å². The van der Waals surface area contributed by atoms with Gasteiger partial charge in [0.15, 0.2) is 6.10 Å². The zero-order valence-corrected chi connectivity index (χ0v) is 10.9. The predicted octanol–water partition coefficient (Wildman–Crippen LogP) is 2.27. The van der Waals surface area contributed by atoms with E-state index in [1.54, 1.807) is 0 Å². The molecule has 1 saturated carbocycles. The minimum absolute atomic E-state index is 0.0356. The number of carbonyl (C=O) groups excluding carboxylic acids is 1. The number of para-hydroxylation sites is 1. The van der Waals surface area contributed by atoms with Gasteiger partial charge in [-0.2, -0.15) is 0 Å². The molecule has 3 rings (SSSR count). The van der Waals surface area contributed by atoms with Gasteiger partial charge in [0.05, 0.1) is 5.54 Å². The van der Waals surface area contributed by atoms with Crippen LogP contribution in [-0.2, 0) is 11.2 Å². The highest BCUT2D eigenvalue weighted by Crippen LogP contribution is 2.34. The van der Waals surface area contributed by atoms with Gasteiger partial charge in [-0.3, -0.25) is 4.79 Å². The molecule has 0 aromatic heterocycles.